The van der Waals surface area contributed by atoms with Gasteiger partial charge in [0, 0.05) is 11.1 Å². The second-order valence-corrected chi connectivity index (χ2v) is 18.5. The average Bonchev–Trinajstić information content (AvgIpc) is 3.89. The van der Waals surface area contributed by atoms with Crippen LogP contribution in [0.3, 0.4) is 0 Å². The third-order valence-electron chi connectivity index (χ3n) is 12.4. The molecule has 0 bridgehead atoms. The molecule has 0 N–H and O–H groups in total. The number of aromatic nitrogens is 2. The van der Waals surface area contributed by atoms with Gasteiger partial charge in [0.2, 0.25) is 11.8 Å². The van der Waals surface area contributed by atoms with Crippen LogP contribution in [-0.4, -0.2) is 48.6 Å². The van der Waals surface area contributed by atoms with Crippen molar-refractivity contribution in [3.63, 3.8) is 0 Å². The van der Waals surface area contributed by atoms with Gasteiger partial charge in [-0.05, 0) is 111 Å². The Morgan fingerprint density at radius 1 is 0.366 bits per heavy atom. The molecule has 386 valence electrons. The van der Waals surface area contributed by atoms with Crippen molar-refractivity contribution in [1.82, 2.24) is 10.2 Å². The van der Waals surface area contributed by atoms with Crippen LogP contribution in [0.15, 0.2) is 89.3 Å². The first kappa shape index (κ1) is 56.1. The van der Waals surface area contributed by atoms with Crippen LogP contribution in [0.25, 0.3) is 22.9 Å². The van der Waals surface area contributed by atoms with Crippen LogP contribution in [0, 0.1) is 0 Å². The summed E-state index contributed by atoms with van der Waals surface area (Å²) in [4.78, 5) is 26.8. The van der Waals surface area contributed by atoms with Crippen LogP contribution in [0.2, 0.25) is 0 Å². The fourth-order valence-electron chi connectivity index (χ4n) is 8.11. The quantitative estimate of drug-likeness (QED) is 0.0213. The monoisotopic (exact) mass is 975 g/mol. The zero-order chi connectivity index (χ0) is 50.1. The van der Waals surface area contributed by atoms with Gasteiger partial charge in [-0.3, -0.25) is 0 Å². The van der Waals surface area contributed by atoms with E-state index in [0.29, 0.717) is 95.0 Å². The van der Waals surface area contributed by atoms with E-state index in [1.54, 1.807) is 84.9 Å². The molecule has 0 saturated heterocycles. The Kier molecular flexibility index (Phi) is 26.6. The molecule has 0 spiro atoms. The minimum Gasteiger partial charge on any atom is -0.490 e. The van der Waals surface area contributed by atoms with E-state index in [9.17, 15) is 9.59 Å². The van der Waals surface area contributed by atoms with Gasteiger partial charge in [-0.15, -0.1) is 10.2 Å². The van der Waals surface area contributed by atoms with Gasteiger partial charge < -0.3 is 32.8 Å². The highest BCUT2D eigenvalue weighted by Crippen LogP contribution is 2.33. The zero-order valence-corrected chi connectivity index (χ0v) is 43.5. The van der Waals surface area contributed by atoms with E-state index in [1.807, 2.05) is 0 Å². The molecule has 71 heavy (non-hydrogen) atoms. The maximum Gasteiger partial charge on any atom is 0.343 e. The summed E-state index contributed by atoms with van der Waals surface area (Å²) in [5.41, 5.74) is 2.05. The summed E-state index contributed by atoms with van der Waals surface area (Å²) in [6.07, 6.45) is 28.0. The van der Waals surface area contributed by atoms with E-state index in [1.165, 1.54) is 103 Å². The number of carbonyl (C=O) groups is 2. The van der Waals surface area contributed by atoms with Gasteiger partial charge in [0.05, 0.1) is 37.6 Å². The zero-order valence-electron chi connectivity index (χ0n) is 43.5. The molecule has 0 saturated carbocycles. The third kappa shape index (κ3) is 20.8. The second-order valence-electron chi connectivity index (χ2n) is 18.5. The molecule has 11 heteroatoms. The van der Waals surface area contributed by atoms with Crippen molar-refractivity contribution in [1.29, 1.82) is 0 Å². The molecule has 0 amide bonds. The SMILES string of the molecule is CCCCCCCCOc1ccc(C(=O)Oc2ccc(-c3nnc(-c4ccc(OC(=O)c5ccc(OCCCCCCCC)c(OCCCCCCCC)c5)cc4)o3)cc2)cc1OCCCCCCCC. The van der Waals surface area contributed by atoms with Gasteiger partial charge in [0.25, 0.3) is 0 Å². The molecule has 0 radical (unpaired) electrons. The first-order chi connectivity index (χ1) is 34.9. The maximum atomic E-state index is 13.4. The number of nitrogens with zero attached hydrogens (tertiary/aromatic N) is 2. The fraction of sp³-hybridized carbons (Fsp3) is 0.533. The first-order valence-corrected chi connectivity index (χ1v) is 27.2. The Bertz CT molecular complexity index is 2080. The molecular formula is C60H82N2O9. The molecule has 0 aliphatic heterocycles. The van der Waals surface area contributed by atoms with Crippen molar-refractivity contribution >= 4 is 11.9 Å². The van der Waals surface area contributed by atoms with E-state index >= 15 is 0 Å². The first-order valence-electron chi connectivity index (χ1n) is 27.2. The molecule has 0 unspecified atom stereocenters. The minimum atomic E-state index is -0.502. The lowest BCUT2D eigenvalue weighted by Crippen LogP contribution is -2.10. The molecule has 5 aromatic rings. The molecule has 4 aromatic carbocycles. The molecule has 1 heterocycles. The molecular weight excluding hydrogens is 893 g/mol. The van der Waals surface area contributed by atoms with Crippen molar-refractivity contribution < 1.29 is 42.4 Å². The normalized spacial score (nSPS) is 11.1. The summed E-state index contributed by atoms with van der Waals surface area (Å²) in [6.45, 7) is 11.2. The largest absolute Gasteiger partial charge is 0.490 e. The predicted octanol–water partition coefficient (Wildman–Crippen LogP) is 16.8. The molecule has 1 aromatic heterocycles. The van der Waals surface area contributed by atoms with Crippen molar-refractivity contribution in [3.8, 4) is 57.4 Å². The van der Waals surface area contributed by atoms with Crippen LogP contribution < -0.4 is 28.4 Å². The van der Waals surface area contributed by atoms with Crippen molar-refractivity contribution in [2.24, 2.45) is 0 Å². The molecule has 5 rings (SSSR count). The molecule has 0 atom stereocenters. The Labute approximate surface area is 424 Å². The lowest BCUT2D eigenvalue weighted by atomic mass is 10.1. The minimum absolute atomic E-state index is 0.297. The van der Waals surface area contributed by atoms with E-state index < -0.39 is 11.9 Å². The molecule has 11 nitrogen and oxygen atoms in total. The van der Waals surface area contributed by atoms with Crippen molar-refractivity contribution in [3.05, 3.63) is 96.1 Å². The smallest absolute Gasteiger partial charge is 0.343 e. The Morgan fingerprint density at radius 2 is 0.662 bits per heavy atom. The summed E-state index contributed by atoms with van der Waals surface area (Å²) in [7, 11) is 0. The summed E-state index contributed by atoms with van der Waals surface area (Å²) < 4.78 is 42.3. The summed E-state index contributed by atoms with van der Waals surface area (Å²) >= 11 is 0. The molecule has 0 aliphatic carbocycles. The van der Waals surface area contributed by atoms with Crippen LogP contribution in [0.1, 0.15) is 203 Å². The van der Waals surface area contributed by atoms with Gasteiger partial charge in [0.15, 0.2) is 23.0 Å². The number of ether oxygens (including phenoxy) is 6. The summed E-state index contributed by atoms with van der Waals surface area (Å²) in [5, 5.41) is 8.52. The van der Waals surface area contributed by atoms with Crippen LogP contribution >= 0.6 is 0 Å². The highest BCUT2D eigenvalue weighted by molar-refractivity contribution is 5.92. The topological polar surface area (TPSA) is 128 Å². The number of hydrogen-bond donors (Lipinski definition) is 0. The predicted molar refractivity (Wildman–Crippen MR) is 283 cm³/mol. The summed E-state index contributed by atoms with van der Waals surface area (Å²) in [5.74, 6) is 2.72. The second kappa shape index (κ2) is 33.7. The van der Waals surface area contributed by atoms with Gasteiger partial charge in [-0.25, -0.2) is 9.59 Å². The lowest BCUT2D eigenvalue weighted by molar-refractivity contribution is 0.0724. The van der Waals surface area contributed by atoms with Gasteiger partial charge >= 0.3 is 11.9 Å². The third-order valence-corrected chi connectivity index (χ3v) is 12.4. The van der Waals surface area contributed by atoms with Gasteiger partial charge in [0.1, 0.15) is 11.5 Å². The van der Waals surface area contributed by atoms with Gasteiger partial charge in [-0.2, -0.15) is 0 Å². The fourth-order valence-corrected chi connectivity index (χ4v) is 8.11. The number of esters is 2. The van der Waals surface area contributed by atoms with E-state index in [0.717, 1.165) is 51.4 Å². The standard InChI is InChI=1S/C60H82N2O9/c1-5-9-13-17-21-25-41-65-53-39-33-49(45-55(53)67-43-27-23-19-15-11-7-3)59(63)69-51-35-29-47(30-36-51)57-61-62-58(71-57)48-31-37-52(38-32-48)70-60(64)50-34-40-54(66-42-26-22-18-14-10-6-2)56(46-50)68-44-28-24-20-16-12-8-4/h29-40,45-46H,5-28,41-44H2,1-4H3. The van der Waals surface area contributed by atoms with Crippen molar-refractivity contribution in [2.75, 3.05) is 26.4 Å². The number of rotatable bonds is 38. The Balaban J connectivity index is 1.15. The highest BCUT2D eigenvalue weighted by atomic mass is 16.5. The number of hydrogen-bond acceptors (Lipinski definition) is 11. The molecule has 0 fully saturated rings. The average molecular weight is 975 g/mol. The summed E-state index contributed by atoms with van der Waals surface area (Å²) in [6, 6.07) is 24.3. The highest BCUT2D eigenvalue weighted by Gasteiger charge is 2.18. The number of benzene rings is 4. The van der Waals surface area contributed by atoms with Crippen molar-refractivity contribution in [2.45, 2.75) is 182 Å². The van der Waals surface area contributed by atoms with Crippen LogP contribution in [0.4, 0.5) is 0 Å². The van der Waals surface area contributed by atoms with Crippen LogP contribution in [0.5, 0.6) is 34.5 Å². The van der Waals surface area contributed by atoms with E-state index in [4.69, 9.17) is 32.8 Å². The Hall–Kier alpha value is -5.84. The van der Waals surface area contributed by atoms with E-state index in [2.05, 4.69) is 37.9 Å². The van der Waals surface area contributed by atoms with E-state index in [-0.39, 0.29) is 0 Å². The Morgan fingerprint density at radius 3 is 0.986 bits per heavy atom. The van der Waals surface area contributed by atoms with Crippen LogP contribution in [-0.2, 0) is 0 Å². The number of carbonyl (C=O) groups excluding carboxylic acids is 2. The maximum absolute atomic E-state index is 13.4. The lowest BCUT2D eigenvalue weighted by Gasteiger charge is -2.14. The molecule has 0 aliphatic rings. The van der Waals surface area contributed by atoms with Gasteiger partial charge in [-0.1, -0.05) is 156 Å². The number of unbranched alkanes of at least 4 members (excludes halogenated alkanes) is 20.